The number of pyridine rings is 1. The van der Waals surface area contributed by atoms with Gasteiger partial charge in [0.2, 0.25) is 0 Å². The first kappa shape index (κ1) is 11.7. The van der Waals surface area contributed by atoms with Crippen molar-refractivity contribution in [3.8, 4) is 0 Å². The molecular weight excluding hydrogens is 224 g/mol. The van der Waals surface area contributed by atoms with Gasteiger partial charge >= 0.3 is 0 Å². The first-order chi connectivity index (χ1) is 8.03. The zero-order chi connectivity index (χ0) is 12.5. The SMILES string of the molecule is CC(O)(c1cccnc1)c1cccc(F)c1F. The number of hydrogen-bond acceptors (Lipinski definition) is 2. The van der Waals surface area contributed by atoms with Crippen molar-refractivity contribution < 1.29 is 13.9 Å². The molecule has 1 aromatic heterocycles. The van der Waals surface area contributed by atoms with Crippen LogP contribution in [0.15, 0.2) is 42.7 Å². The second-order valence-electron chi connectivity index (χ2n) is 3.92. The van der Waals surface area contributed by atoms with Crippen LogP contribution in [0.25, 0.3) is 0 Å². The molecule has 0 bridgehead atoms. The normalized spacial score (nSPS) is 14.4. The molecule has 0 aliphatic carbocycles. The number of nitrogens with zero attached hydrogens (tertiary/aromatic N) is 1. The average molecular weight is 235 g/mol. The third kappa shape index (κ3) is 2.03. The Hall–Kier alpha value is -1.81. The second kappa shape index (κ2) is 4.22. The minimum Gasteiger partial charge on any atom is -0.381 e. The van der Waals surface area contributed by atoms with E-state index in [0.717, 1.165) is 6.07 Å². The van der Waals surface area contributed by atoms with Crippen molar-refractivity contribution in [3.63, 3.8) is 0 Å². The molecule has 1 heterocycles. The Morgan fingerprint density at radius 1 is 1.18 bits per heavy atom. The minimum absolute atomic E-state index is 0.106. The van der Waals surface area contributed by atoms with E-state index in [0.29, 0.717) is 5.56 Å². The largest absolute Gasteiger partial charge is 0.381 e. The van der Waals surface area contributed by atoms with Gasteiger partial charge in [-0.3, -0.25) is 4.98 Å². The van der Waals surface area contributed by atoms with Crippen molar-refractivity contribution in [1.29, 1.82) is 0 Å². The van der Waals surface area contributed by atoms with Gasteiger partial charge in [-0.25, -0.2) is 8.78 Å². The number of aliphatic hydroxyl groups is 1. The lowest BCUT2D eigenvalue weighted by Gasteiger charge is -2.24. The van der Waals surface area contributed by atoms with Crippen molar-refractivity contribution in [2.24, 2.45) is 0 Å². The van der Waals surface area contributed by atoms with Crippen LogP contribution in [0.4, 0.5) is 8.78 Å². The van der Waals surface area contributed by atoms with Gasteiger partial charge in [0.05, 0.1) is 0 Å². The van der Waals surface area contributed by atoms with Gasteiger partial charge in [0, 0.05) is 23.5 Å². The summed E-state index contributed by atoms with van der Waals surface area (Å²) in [4.78, 5) is 3.85. The van der Waals surface area contributed by atoms with Crippen molar-refractivity contribution in [2.75, 3.05) is 0 Å². The van der Waals surface area contributed by atoms with Gasteiger partial charge in [-0.05, 0) is 19.1 Å². The van der Waals surface area contributed by atoms with E-state index in [2.05, 4.69) is 4.98 Å². The van der Waals surface area contributed by atoms with E-state index in [1.54, 1.807) is 18.3 Å². The first-order valence-electron chi connectivity index (χ1n) is 5.11. The van der Waals surface area contributed by atoms with E-state index in [9.17, 15) is 13.9 Å². The Balaban J connectivity index is 2.56. The highest BCUT2D eigenvalue weighted by Crippen LogP contribution is 2.30. The predicted molar refractivity (Wildman–Crippen MR) is 59.3 cm³/mol. The third-order valence-electron chi connectivity index (χ3n) is 2.70. The molecule has 2 nitrogen and oxygen atoms in total. The Kier molecular flexibility index (Phi) is 2.90. The summed E-state index contributed by atoms with van der Waals surface area (Å²) in [7, 11) is 0. The second-order valence-corrected chi connectivity index (χ2v) is 3.92. The van der Waals surface area contributed by atoms with Crippen LogP contribution in [0.5, 0.6) is 0 Å². The lowest BCUT2D eigenvalue weighted by molar-refractivity contribution is 0.0966. The molecule has 0 saturated carbocycles. The fourth-order valence-corrected chi connectivity index (χ4v) is 1.69. The lowest BCUT2D eigenvalue weighted by atomic mass is 9.89. The van der Waals surface area contributed by atoms with Gasteiger partial charge in [0.1, 0.15) is 5.60 Å². The molecule has 0 spiro atoms. The smallest absolute Gasteiger partial charge is 0.165 e. The van der Waals surface area contributed by atoms with Crippen molar-refractivity contribution in [1.82, 2.24) is 4.98 Å². The summed E-state index contributed by atoms with van der Waals surface area (Å²) < 4.78 is 26.8. The van der Waals surface area contributed by atoms with Crippen LogP contribution < -0.4 is 0 Å². The van der Waals surface area contributed by atoms with Gasteiger partial charge in [-0.1, -0.05) is 18.2 Å². The van der Waals surface area contributed by atoms with E-state index in [4.69, 9.17) is 0 Å². The van der Waals surface area contributed by atoms with E-state index in [1.807, 2.05) is 0 Å². The van der Waals surface area contributed by atoms with E-state index in [1.165, 1.54) is 25.3 Å². The molecule has 88 valence electrons. The monoisotopic (exact) mass is 235 g/mol. The molecule has 1 atom stereocenters. The van der Waals surface area contributed by atoms with E-state index >= 15 is 0 Å². The first-order valence-corrected chi connectivity index (χ1v) is 5.11. The van der Waals surface area contributed by atoms with Crippen LogP contribution in [0.2, 0.25) is 0 Å². The standard InChI is InChI=1S/C13H11F2NO/c1-13(17,9-4-3-7-16-8-9)10-5-2-6-11(14)12(10)15/h2-8,17H,1H3. The molecular formula is C13H11F2NO. The molecule has 2 aromatic rings. The molecule has 1 N–H and O–H groups in total. The summed E-state index contributed by atoms with van der Waals surface area (Å²) in [5.41, 5.74) is -1.31. The third-order valence-corrected chi connectivity index (χ3v) is 2.70. The van der Waals surface area contributed by atoms with E-state index < -0.39 is 17.2 Å². The van der Waals surface area contributed by atoms with Gasteiger partial charge < -0.3 is 5.11 Å². The Labute approximate surface area is 97.6 Å². The number of rotatable bonds is 2. The number of halogens is 2. The van der Waals surface area contributed by atoms with Gasteiger partial charge in [-0.2, -0.15) is 0 Å². The van der Waals surface area contributed by atoms with Crippen molar-refractivity contribution in [2.45, 2.75) is 12.5 Å². The van der Waals surface area contributed by atoms with Crippen LogP contribution in [0.1, 0.15) is 18.1 Å². The van der Waals surface area contributed by atoms with Crippen LogP contribution in [0.3, 0.4) is 0 Å². The van der Waals surface area contributed by atoms with Crippen LogP contribution in [-0.4, -0.2) is 10.1 Å². The highest BCUT2D eigenvalue weighted by atomic mass is 19.2. The highest BCUT2D eigenvalue weighted by Gasteiger charge is 2.30. The summed E-state index contributed by atoms with van der Waals surface area (Å²) >= 11 is 0. The summed E-state index contributed by atoms with van der Waals surface area (Å²) in [6.07, 6.45) is 2.96. The topological polar surface area (TPSA) is 33.1 Å². The zero-order valence-electron chi connectivity index (χ0n) is 9.19. The fraction of sp³-hybridized carbons (Fsp3) is 0.154. The van der Waals surface area contributed by atoms with Gasteiger partial charge in [0.25, 0.3) is 0 Å². The maximum Gasteiger partial charge on any atom is 0.165 e. The average Bonchev–Trinajstić information content (AvgIpc) is 2.33. The predicted octanol–water partition coefficient (Wildman–Crippen LogP) is 2.62. The summed E-state index contributed by atoms with van der Waals surface area (Å²) in [6.45, 7) is 1.40. The van der Waals surface area contributed by atoms with Crippen LogP contribution >= 0.6 is 0 Å². The van der Waals surface area contributed by atoms with Gasteiger partial charge in [-0.15, -0.1) is 0 Å². The molecule has 0 aliphatic heterocycles. The Bertz CT molecular complexity index is 526. The molecule has 1 aromatic carbocycles. The van der Waals surface area contributed by atoms with Crippen molar-refractivity contribution in [3.05, 3.63) is 65.5 Å². The van der Waals surface area contributed by atoms with Gasteiger partial charge in [0.15, 0.2) is 11.6 Å². The molecule has 17 heavy (non-hydrogen) atoms. The Morgan fingerprint density at radius 3 is 2.59 bits per heavy atom. The molecule has 0 radical (unpaired) electrons. The molecule has 2 rings (SSSR count). The molecule has 1 unspecified atom stereocenters. The maximum absolute atomic E-state index is 13.6. The van der Waals surface area contributed by atoms with Crippen LogP contribution in [0, 0.1) is 11.6 Å². The molecule has 0 amide bonds. The quantitative estimate of drug-likeness (QED) is 0.868. The minimum atomic E-state index is -1.61. The zero-order valence-corrected chi connectivity index (χ0v) is 9.19. The fourth-order valence-electron chi connectivity index (χ4n) is 1.69. The molecule has 0 fully saturated rings. The van der Waals surface area contributed by atoms with Crippen LogP contribution in [-0.2, 0) is 5.60 Å². The lowest BCUT2D eigenvalue weighted by Crippen LogP contribution is -2.24. The van der Waals surface area contributed by atoms with Crippen molar-refractivity contribution >= 4 is 0 Å². The summed E-state index contributed by atoms with van der Waals surface area (Å²) in [6, 6.07) is 6.96. The Morgan fingerprint density at radius 2 is 1.94 bits per heavy atom. The van der Waals surface area contributed by atoms with E-state index in [-0.39, 0.29) is 5.56 Å². The highest BCUT2D eigenvalue weighted by molar-refractivity contribution is 5.34. The molecule has 0 saturated heterocycles. The molecule has 4 heteroatoms. The molecule has 0 aliphatic rings. The number of benzene rings is 1. The maximum atomic E-state index is 13.6. The number of aromatic nitrogens is 1. The number of hydrogen-bond donors (Lipinski definition) is 1. The summed E-state index contributed by atoms with van der Waals surface area (Å²) in [5.74, 6) is -2.02. The summed E-state index contributed by atoms with van der Waals surface area (Å²) in [5, 5.41) is 10.3.